The van der Waals surface area contributed by atoms with Crippen molar-refractivity contribution in [2.75, 3.05) is 0 Å². The highest BCUT2D eigenvalue weighted by atomic mass is 32.1. The molecule has 3 nitrogen and oxygen atoms in total. The number of H-pyrrole nitrogens is 1. The molecule has 2 aromatic heterocycles. The molecule has 212 valence electrons. The number of ketones is 2. The number of benzene rings is 1. The van der Waals surface area contributed by atoms with Crippen LogP contribution in [0, 0.1) is 19.8 Å². The first-order chi connectivity index (χ1) is 18.9. The molecule has 39 heavy (non-hydrogen) atoms. The van der Waals surface area contributed by atoms with Gasteiger partial charge in [0.05, 0.1) is 27.6 Å². The third-order valence-corrected chi connectivity index (χ3v) is 9.88. The van der Waals surface area contributed by atoms with Crippen molar-refractivity contribution in [2.45, 2.75) is 130 Å². The first-order valence-corrected chi connectivity index (χ1v) is 16.6. The second-order valence-corrected chi connectivity index (χ2v) is 13.0. The zero-order valence-corrected chi connectivity index (χ0v) is 25.7. The average Bonchev–Trinajstić information content (AvgIpc) is 3.52. The van der Waals surface area contributed by atoms with Crippen LogP contribution in [-0.2, 0) is 6.42 Å². The summed E-state index contributed by atoms with van der Waals surface area (Å²) < 4.78 is 1.27. The van der Waals surface area contributed by atoms with Crippen molar-refractivity contribution in [1.29, 1.82) is 0 Å². The van der Waals surface area contributed by atoms with Gasteiger partial charge in [-0.05, 0) is 56.2 Å². The molecule has 0 saturated carbocycles. The number of rotatable bonds is 17. The maximum absolute atomic E-state index is 13.1. The van der Waals surface area contributed by atoms with E-state index < -0.39 is 5.92 Å². The van der Waals surface area contributed by atoms with E-state index in [1.165, 1.54) is 111 Å². The molecule has 0 radical (unpaired) electrons. The zero-order valence-electron chi connectivity index (χ0n) is 24.8. The number of carbonyl (C=O) groups excluding carboxylic acids is 2. The van der Waals surface area contributed by atoms with Crippen LogP contribution in [0.2, 0.25) is 0 Å². The Balaban J connectivity index is 1.28. The van der Waals surface area contributed by atoms with Crippen molar-refractivity contribution >= 4 is 33.0 Å². The molecule has 1 unspecified atom stereocenters. The van der Waals surface area contributed by atoms with Crippen LogP contribution in [0.3, 0.4) is 0 Å². The fourth-order valence-corrected chi connectivity index (χ4v) is 7.64. The number of hydrogen-bond acceptors (Lipinski definition) is 3. The Morgan fingerprint density at radius 3 is 1.87 bits per heavy atom. The molecule has 0 amide bonds. The lowest BCUT2D eigenvalue weighted by atomic mass is 9.98. The molecule has 1 N–H and O–H groups in total. The highest BCUT2D eigenvalue weighted by molar-refractivity contribution is 7.22. The number of aromatic amines is 1. The zero-order chi connectivity index (χ0) is 27.8. The van der Waals surface area contributed by atoms with Gasteiger partial charge in [0, 0.05) is 10.4 Å². The maximum Gasteiger partial charge on any atom is 0.176 e. The summed E-state index contributed by atoms with van der Waals surface area (Å²) >= 11 is 1.77. The molecule has 3 aromatic rings. The van der Waals surface area contributed by atoms with Gasteiger partial charge in [-0.15, -0.1) is 11.3 Å². The minimum atomic E-state index is -0.558. The minimum absolute atomic E-state index is 0.0269. The number of unbranched alkanes of at least 4 members (excludes halogenated alkanes) is 14. The second-order valence-electron chi connectivity index (χ2n) is 11.9. The number of thiophene rings is 1. The van der Waals surface area contributed by atoms with Crippen molar-refractivity contribution in [3.63, 3.8) is 0 Å². The monoisotopic (exact) mass is 547 g/mol. The average molecular weight is 548 g/mol. The van der Waals surface area contributed by atoms with E-state index in [0.29, 0.717) is 11.1 Å². The number of hydrogen-bond donors (Lipinski definition) is 1. The predicted octanol–water partition coefficient (Wildman–Crippen LogP) is 10.9. The highest BCUT2D eigenvalue weighted by Crippen LogP contribution is 2.44. The summed E-state index contributed by atoms with van der Waals surface area (Å²) in [7, 11) is 0. The summed E-state index contributed by atoms with van der Waals surface area (Å²) in [6.07, 6.45) is 21.5. The Kier molecular flexibility index (Phi) is 11.0. The van der Waals surface area contributed by atoms with E-state index in [1.807, 2.05) is 6.92 Å². The van der Waals surface area contributed by atoms with Gasteiger partial charge in [0.15, 0.2) is 11.6 Å². The van der Waals surface area contributed by atoms with E-state index in [9.17, 15) is 9.59 Å². The van der Waals surface area contributed by atoms with Gasteiger partial charge in [0.25, 0.3) is 0 Å². The summed E-state index contributed by atoms with van der Waals surface area (Å²) in [5.74, 6) is -0.616. The summed E-state index contributed by atoms with van der Waals surface area (Å²) in [6.45, 7) is 8.09. The fourth-order valence-electron chi connectivity index (χ4n) is 6.28. The van der Waals surface area contributed by atoms with E-state index in [2.05, 4.69) is 37.0 Å². The van der Waals surface area contributed by atoms with E-state index in [4.69, 9.17) is 0 Å². The number of nitrogens with one attached hydrogen (secondary N) is 1. The van der Waals surface area contributed by atoms with Crippen LogP contribution in [0.25, 0.3) is 20.7 Å². The lowest BCUT2D eigenvalue weighted by molar-refractivity contribution is 0.0851. The van der Waals surface area contributed by atoms with Gasteiger partial charge in [-0.3, -0.25) is 9.59 Å². The van der Waals surface area contributed by atoms with Crippen LogP contribution in [0.15, 0.2) is 18.2 Å². The summed E-state index contributed by atoms with van der Waals surface area (Å²) in [4.78, 5) is 30.4. The Hall–Kier alpha value is -2.20. The Morgan fingerprint density at radius 2 is 1.28 bits per heavy atom. The third-order valence-electron chi connectivity index (χ3n) is 8.67. The van der Waals surface area contributed by atoms with E-state index in [0.717, 1.165) is 29.1 Å². The molecule has 0 fully saturated rings. The molecule has 1 aliphatic carbocycles. The molecule has 0 aliphatic heterocycles. The van der Waals surface area contributed by atoms with Gasteiger partial charge in [-0.1, -0.05) is 109 Å². The van der Waals surface area contributed by atoms with Gasteiger partial charge in [0.2, 0.25) is 0 Å². The molecular formula is C35H49NO2S. The van der Waals surface area contributed by atoms with Crippen LogP contribution in [0.1, 0.15) is 148 Å². The van der Waals surface area contributed by atoms with Crippen molar-refractivity contribution in [3.05, 3.63) is 46.1 Å². The first-order valence-electron chi connectivity index (χ1n) is 15.8. The van der Waals surface area contributed by atoms with Crippen molar-refractivity contribution < 1.29 is 9.59 Å². The van der Waals surface area contributed by atoms with Crippen molar-refractivity contribution in [2.24, 2.45) is 5.92 Å². The third kappa shape index (κ3) is 7.12. The molecular weight excluding hydrogens is 498 g/mol. The smallest absolute Gasteiger partial charge is 0.176 e. The Bertz CT molecular complexity index is 1260. The van der Waals surface area contributed by atoms with Crippen molar-refractivity contribution in [3.8, 4) is 10.6 Å². The molecule has 1 aliphatic rings. The standard InChI is InChI=1S/C35H49NO2S/c1-5-6-7-8-9-10-11-12-13-14-15-16-17-18-19-20-28-27-22-21-24(2)23-29(27)39-35(28)32-31-30(26(4)36-32)33(37)25(3)34(31)38/h21-23,25,36H,5-20H2,1-4H3. The molecule has 2 heterocycles. The lowest BCUT2D eigenvalue weighted by Gasteiger charge is -2.07. The van der Waals surface area contributed by atoms with Crippen LogP contribution in [0.5, 0.6) is 0 Å². The maximum atomic E-state index is 13.1. The van der Waals surface area contributed by atoms with Gasteiger partial charge in [-0.2, -0.15) is 0 Å². The van der Waals surface area contributed by atoms with Gasteiger partial charge in [-0.25, -0.2) is 0 Å². The molecule has 1 atom stereocenters. The van der Waals surface area contributed by atoms with E-state index in [1.54, 1.807) is 18.3 Å². The summed E-state index contributed by atoms with van der Waals surface area (Å²) in [5.41, 5.74) is 5.55. The number of aromatic nitrogens is 1. The number of fused-ring (bicyclic) bond motifs is 2. The van der Waals surface area contributed by atoms with E-state index >= 15 is 0 Å². The molecule has 4 heteroatoms. The molecule has 1 aromatic carbocycles. The van der Waals surface area contributed by atoms with Gasteiger partial charge >= 0.3 is 0 Å². The number of Topliss-reactive ketones (excluding diaryl/α,β-unsaturated/α-hetero) is 2. The normalized spacial score (nSPS) is 15.1. The quantitative estimate of drug-likeness (QED) is 0.135. The SMILES string of the molecule is CCCCCCCCCCCCCCCCCc1c(-c2[nH]c(C)c3c2C(=O)C(C)C3=O)sc2cc(C)ccc12. The molecule has 4 rings (SSSR count). The van der Waals surface area contributed by atoms with Gasteiger partial charge < -0.3 is 4.98 Å². The largest absolute Gasteiger partial charge is 0.357 e. The Morgan fingerprint density at radius 1 is 0.744 bits per heavy atom. The lowest BCUT2D eigenvalue weighted by Crippen LogP contribution is -2.11. The van der Waals surface area contributed by atoms with Crippen molar-refractivity contribution in [1.82, 2.24) is 4.98 Å². The molecule has 0 spiro atoms. The predicted molar refractivity (Wildman–Crippen MR) is 168 cm³/mol. The topological polar surface area (TPSA) is 49.9 Å². The van der Waals surface area contributed by atoms with Gasteiger partial charge in [0.1, 0.15) is 0 Å². The number of aryl methyl sites for hydroxylation is 3. The fraction of sp³-hybridized carbons (Fsp3) is 0.600. The Labute approximate surface area is 240 Å². The van der Waals surface area contributed by atoms with Crippen LogP contribution in [-0.4, -0.2) is 16.6 Å². The first kappa shape index (κ1) is 29.8. The van der Waals surface area contributed by atoms with Crippen LogP contribution in [0.4, 0.5) is 0 Å². The van der Waals surface area contributed by atoms with Crippen LogP contribution >= 0.6 is 11.3 Å². The summed E-state index contributed by atoms with van der Waals surface area (Å²) in [6, 6.07) is 6.69. The second kappa shape index (κ2) is 14.4. The number of carbonyl (C=O) groups is 2. The molecule has 0 saturated heterocycles. The van der Waals surface area contributed by atoms with Crippen LogP contribution < -0.4 is 0 Å². The minimum Gasteiger partial charge on any atom is -0.357 e. The van der Waals surface area contributed by atoms with E-state index in [-0.39, 0.29) is 11.6 Å². The molecule has 0 bridgehead atoms. The summed E-state index contributed by atoms with van der Waals surface area (Å²) in [5, 5.41) is 1.30. The highest BCUT2D eigenvalue weighted by Gasteiger charge is 2.41.